The number of aryl methyl sites for hydroxylation is 2. The van der Waals surface area contributed by atoms with E-state index >= 15 is 0 Å². The molecule has 0 fully saturated rings. The largest absolute Gasteiger partial charge is 0.220 e. The average molecular weight is 175 g/mol. The fourth-order valence-corrected chi connectivity index (χ4v) is 1.36. The summed E-state index contributed by atoms with van der Waals surface area (Å²) in [5.41, 5.74) is 3.08. The Kier molecular flexibility index (Phi) is 1.76. The first-order valence-corrected chi connectivity index (χ1v) is 4.20. The fourth-order valence-electron chi connectivity index (χ4n) is 1.36. The van der Waals surface area contributed by atoms with Gasteiger partial charge in [0.05, 0.1) is 5.52 Å². The molecule has 2 heteroatoms. The predicted molar refractivity (Wildman–Crippen MR) is 51.2 cm³/mol. The molecule has 0 radical (unpaired) electrons. The minimum atomic E-state index is -0.421. The van der Waals surface area contributed by atoms with Gasteiger partial charge in [-0.1, -0.05) is 0 Å². The summed E-state index contributed by atoms with van der Waals surface area (Å²) in [6.07, 6.45) is 0. The number of fused-ring (bicyclic) bond motifs is 1. The third kappa shape index (κ3) is 1.39. The molecule has 0 unspecified atom stereocenters. The summed E-state index contributed by atoms with van der Waals surface area (Å²) in [4.78, 5) is 3.81. The number of hydrogen-bond donors (Lipinski definition) is 0. The van der Waals surface area contributed by atoms with Gasteiger partial charge in [0.2, 0.25) is 5.95 Å². The Morgan fingerprint density at radius 1 is 1.08 bits per heavy atom. The minimum absolute atomic E-state index is 0.421. The Morgan fingerprint density at radius 3 is 2.54 bits per heavy atom. The highest BCUT2D eigenvalue weighted by atomic mass is 19.1. The lowest BCUT2D eigenvalue weighted by atomic mass is 10.1. The van der Waals surface area contributed by atoms with Crippen LogP contribution in [0, 0.1) is 19.8 Å². The Bertz CT molecular complexity index is 463. The van der Waals surface area contributed by atoms with E-state index < -0.39 is 5.95 Å². The molecule has 0 aliphatic carbocycles. The molecule has 0 atom stereocenters. The van der Waals surface area contributed by atoms with Crippen molar-refractivity contribution in [3.05, 3.63) is 41.3 Å². The van der Waals surface area contributed by atoms with Crippen molar-refractivity contribution in [2.24, 2.45) is 0 Å². The van der Waals surface area contributed by atoms with Crippen molar-refractivity contribution in [3.8, 4) is 0 Å². The van der Waals surface area contributed by atoms with Crippen molar-refractivity contribution in [3.63, 3.8) is 0 Å². The van der Waals surface area contributed by atoms with Crippen LogP contribution in [0.1, 0.15) is 11.1 Å². The quantitative estimate of drug-likeness (QED) is 0.561. The van der Waals surface area contributed by atoms with E-state index in [2.05, 4.69) is 4.98 Å². The molecule has 1 nitrogen and oxygen atoms in total. The third-order valence-electron chi connectivity index (χ3n) is 2.27. The molecule has 13 heavy (non-hydrogen) atoms. The second-order valence-electron chi connectivity index (χ2n) is 3.26. The average Bonchev–Trinajstić information content (AvgIpc) is 2.08. The molecule has 0 saturated carbocycles. The van der Waals surface area contributed by atoms with Gasteiger partial charge in [0, 0.05) is 5.39 Å². The number of rotatable bonds is 0. The van der Waals surface area contributed by atoms with Crippen LogP contribution < -0.4 is 0 Å². The van der Waals surface area contributed by atoms with Crippen molar-refractivity contribution in [2.45, 2.75) is 13.8 Å². The van der Waals surface area contributed by atoms with Crippen LogP contribution in [0.5, 0.6) is 0 Å². The van der Waals surface area contributed by atoms with E-state index in [4.69, 9.17) is 0 Å². The zero-order valence-corrected chi connectivity index (χ0v) is 7.63. The SMILES string of the molecule is Cc1cc2ccc(F)nc2cc1C. The summed E-state index contributed by atoms with van der Waals surface area (Å²) in [5, 5.41) is 0.990. The van der Waals surface area contributed by atoms with Gasteiger partial charge < -0.3 is 0 Å². The van der Waals surface area contributed by atoms with Crippen molar-refractivity contribution < 1.29 is 4.39 Å². The van der Waals surface area contributed by atoms with Crippen molar-refractivity contribution in [1.82, 2.24) is 4.98 Å². The van der Waals surface area contributed by atoms with Gasteiger partial charge >= 0.3 is 0 Å². The van der Waals surface area contributed by atoms with Crippen LogP contribution >= 0.6 is 0 Å². The molecular formula is C11H10FN. The smallest absolute Gasteiger partial charge is 0.213 e. The maximum absolute atomic E-state index is 12.8. The van der Waals surface area contributed by atoms with Crippen molar-refractivity contribution in [2.75, 3.05) is 0 Å². The lowest BCUT2D eigenvalue weighted by molar-refractivity contribution is 0.589. The van der Waals surface area contributed by atoms with Gasteiger partial charge in [-0.05, 0) is 49.2 Å². The van der Waals surface area contributed by atoms with Crippen LogP contribution in [0.25, 0.3) is 10.9 Å². The van der Waals surface area contributed by atoms with Gasteiger partial charge in [-0.3, -0.25) is 0 Å². The van der Waals surface area contributed by atoms with E-state index in [0.29, 0.717) is 0 Å². The van der Waals surface area contributed by atoms with E-state index in [-0.39, 0.29) is 0 Å². The molecule has 0 spiro atoms. The van der Waals surface area contributed by atoms with Crippen LogP contribution in [-0.4, -0.2) is 4.98 Å². The fraction of sp³-hybridized carbons (Fsp3) is 0.182. The maximum Gasteiger partial charge on any atom is 0.213 e. The summed E-state index contributed by atoms with van der Waals surface area (Å²) >= 11 is 0. The maximum atomic E-state index is 12.8. The molecule has 1 heterocycles. The molecule has 0 saturated heterocycles. The van der Waals surface area contributed by atoms with Gasteiger partial charge in [0.15, 0.2) is 0 Å². The molecule has 0 aliphatic heterocycles. The summed E-state index contributed by atoms with van der Waals surface area (Å²) in [6.45, 7) is 4.04. The standard InChI is InChI=1S/C11H10FN/c1-7-5-9-3-4-11(12)13-10(9)6-8(7)2/h3-6H,1-2H3. The lowest BCUT2D eigenvalue weighted by Gasteiger charge is -2.02. The molecular weight excluding hydrogens is 165 g/mol. The topological polar surface area (TPSA) is 12.9 Å². The summed E-state index contributed by atoms with van der Waals surface area (Å²) < 4.78 is 12.8. The van der Waals surface area contributed by atoms with E-state index in [1.54, 1.807) is 6.07 Å². The molecule has 66 valence electrons. The van der Waals surface area contributed by atoms with Crippen molar-refractivity contribution >= 4 is 10.9 Å². The van der Waals surface area contributed by atoms with Gasteiger partial charge in [-0.15, -0.1) is 0 Å². The monoisotopic (exact) mass is 175 g/mol. The predicted octanol–water partition coefficient (Wildman–Crippen LogP) is 2.99. The molecule has 0 bridgehead atoms. The van der Waals surface area contributed by atoms with Gasteiger partial charge in [-0.2, -0.15) is 4.39 Å². The Labute approximate surface area is 76.2 Å². The van der Waals surface area contributed by atoms with Crippen LogP contribution in [-0.2, 0) is 0 Å². The minimum Gasteiger partial charge on any atom is -0.220 e. The molecule has 2 aromatic rings. The van der Waals surface area contributed by atoms with E-state index in [9.17, 15) is 4.39 Å². The van der Waals surface area contributed by atoms with Crippen LogP contribution in [0.15, 0.2) is 24.3 Å². The van der Waals surface area contributed by atoms with Gasteiger partial charge in [0.1, 0.15) is 0 Å². The molecule has 0 N–H and O–H groups in total. The highest BCUT2D eigenvalue weighted by molar-refractivity contribution is 5.80. The first-order valence-electron chi connectivity index (χ1n) is 4.20. The second-order valence-corrected chi connectivity index (χ2v) is 3.26. The Hall–Kier alpha value is -1.44. The highest BCUT2D eigenvalue weighted by Crippen LogP contribution is 2.17. The van der Waals surface area contributed by atoms with E-state index in [0.717, 1.165) is 16.5 Å². The van der Waals surface area contributed by atoms with E-state index in [1.165, 1.54) is 11.6 Å². The number of nitrogens with zero attached hydrogens (tertiary/aromatic N) is 1. The Morgan fingerprint density at radius 2 is 1.77 bits per heavy atom. The van der Waals surface area contributed by atoms with Crippen molar-refractivity contribution in [1.29, 1.82) is 0 Å². The van der Waals surface area contributed by atoms with E-state index in [1.807, 2.05) is 26.0 Å². The summed E-state index contributed by atoms with van der Waals surface area (Å²) in [7, 11) is 0. The van der Waals surface area contributed by atoms with Crippen LogP contribution in [0.2, 0.25) is 0 Å². The van der Waals surface area contributed by atoms with Crippen LogP contribution in [0.4, 0.5) is 4.39 Å². The third-order valence-corrected chi connectivity index (χ3v) is 2.27. The summed E-state index contributed by atoms with van der Waals surface area (Å²) in [6, 6.07) is 7.08. The first-order chi connectivity index (χ1) is 6.16. The normalized spacial score (nSPS) is 10.7. The molecule has 0 amide bonds. The first kappa shape index (κ1) is 8.17. The number of hydrogen-bond acceptors (Lipinski definition) is 1. The number of halogens is 1. The molecule has 0 aliphatic rings. The zero-order chi connectivity index (χ0) is 9.42. The Balaban J connectivity index is 2.81. The zero-order valence-electron chi connectivity index (χ0n) is 7.63. The van der Waals surface area contributed by atoms with Gasteiger partial charge in [-0.25, -0.2) is 4.98 Å². The summed E-state index contributed by atoms with van der Waals surface area (Å²) in [5.74, 6) is -0.421. The molecule has 1 aromatic carbocycles. The molecule has 1 aromatic heterocycles. The number of pyridine rings is 1. The molecule has 2 rings (SSSR count). The number of aromatic nitrogens is 1. The van der Waals surface area contributed by atoms with Gasteiger partial charge in [0.25, 0.3) is 0 Å². The highest BCUT2D eigenvalue weighted by Gasteiger charge is 1.99. The van der Waals surface area contributed by atoms with Crippen LogP contribution in [0.3, 0.4) is 0 Å². The number of benzene rings is 1. The lowest BCUT2D eigenvalue weighted by Crippen LogP contribution is -1.87. The second kappa shape index (κ2) is 2.80.